The number of nitrogens with one attached hydrogen (secondary N) is 1. The van der Waals surface area contributed by atoms with E-state index in [-0.39, 0.29) is 12.3 Å². The highest BCUT2D eigenvalue weighted by Crippen LogP contribution is 1.97. The molecule has 0 heterocycles. The molecular formula is C7H17N3O5S2. The molecule has 0 aliphatic rings. The summed E-state index contributed by atoms with van der Waals surface area (Å²) in [5, 5.41) is 11.1. The van der Waals surface area contributed by atoms with Crippen molar-refractivity contribution in [1.82, 2.24) is 4.72 Å². The van der Waals surface area contributed by atoms with Gasteiger partial charge in [0.15, 0.2) is 5.84 Å². The number of hydrogen-bond donors (Lipinski definition) is 3. The molecule has 1 unspecified atom stereocenters. The van der Waals surface area contributed by atoms with E-state index in [0.29, 0.717) is 0 Å². The molecule has 17 heavy (non-hydrogen) atoms. The summed E-state index contributed by atoms with van der Waals surface area (Å²) in [7, 11) is -7.14. The quantitative estimate of drug-likeness (QED) is 0.225. The second kappa shape index (κ2) is 6.17. The molecule has 0 aromatic carbocycles. The summed E-state index contributed by atoms with van der Waals surface area (Å²) in [6.45, 7) is 1.64. The maximum Gasteiger partial charge on any atom is 0.213 e. The summed E-state index contributed by atoms with van der Waals surface area (Å²) >= 11 is 0. The lowest BCUT2D eigenvalue weighted by Gasteiger charge is -2.15. The molecular weight excluding hydrogens is 270 g/mol. The smallest absolute Gasteiger partial charge is 0.213 e. The second-order valence-electron chi connectivity index (χ2n) is 3.55. The van der Waals surface area contributed by atoms with Gasteiger partial charge in [-0.15, -0.1) is 0 Å². The van der Waals surface area contributed by atoms with Gasteiger partial charge in [0.25, 0.3) is 0 Å². The number of hydrogen-bond acceptors (Lipinski definition) is 6. The Morgan fingerprint density at radius 2 is 1.88 bits per heavy atom. The fourth-order valence-corrected chi connectivity index (χ4v) is 3.89. The number of sulfonamides is 1. The van der Waals surface area contributed by atoms with E-state index in [0.717, 1.165) is 6.26 Å². The molecule has 4 N–H and O–H groups in total. The first kappa shape index (κ1) is 16.1. The lowest BCUT2D eigenvalue weighted by molar-refractivity contribution is 0.315. The Kier molecular flexibility index (Phi) is 5.85. The van der Waals surface area contributed by atoms with Gasteiger partial charge in [0.1, 0.15) is 9.84 Å². The summed E-state index contributed by atoms with van der Waals surface area (Å²) in [5.74, 6) is -1.30. The normalized spacial score (nSPS) is 15.8. The summed E-state index contributed by atoms with van der Waals surface area (Å²) < 4.78 is 46.8. The van der Waals surface area contributed by atoms with Crippen molar-refractivity contribution in [2.24, 2.45) is 10.9 Å². The Labute approximate surface area is 101 Å². The van der Waals surface area contributed by atoms with Crippen LogP contribution in [0.2, 0.25) is 0 Å². The van der Waals surface area contributed by atoms with E-state index in [9.17, 15) is 16.8 Å². The monoisotopic (exact) mass is 287 g/mol. The average molecular weight is 287 g/mol. The first-order valence-corrected chi connectivity index (χ1v) is 8.47. The third-order valence-corrected chi connectivity index (χ3v) is 4.51. The van der Waals surface area contributed by atoms with Crippen LogP contribution >= 0.6 is 0 Å². The number of amidine groups is 1. The Morgan fingerprint density at radius 1 is 1.35 bits per heavy atom. The van der Waals surface area contributed by atoms with Gasteiger partial charge in [0, 0.05) is 6.26 Å². The molecule has 0 amide bonds. The van der Waals surface area contributed by atoms with Gasteiger partial charge in [0.2, 0.25) is 10.0 Å². The summed E-state index contributed by atoms with van der Waals surface area (Å²) in [5.41, 5.74) is 5.27. The summed E-state index contributed by atoms with van der Waals surface area (Å²) in [6, 6.07) is -0.843. The van der Waals surface area contributed by atoms with Crippen molar-refractivity contribution in [3.63, 3.8) is 0 Å². The van der Waals surface area contributed by atoms with Gasteiger partial charge in [-0.1, -0.05) is 12.1 Å². The Bertz CT molecular complexity index is 468. The Balaban J connectivity index is 4.64. The number of nitrogens with zero attached hydrogens (tertiary/aromatic N) is 1. The van der Waals surface area contributed by atoms with Crippen LogP contribution in [0.3, 0.4) is 0 Å². The molecule has 0 aliphatic heterocycles. The van der Waals surface area contributed by atoms with Crippen molar-refractivity contribution in [3.05, 3.63) is 0 Å². The van der Waals surface area contributed by atoms with E-state index >= 15 is 0 Å². The van der Waals surface area contributed by atoms with E-state index in [1.807, 2.05) is 0 Å². The lowest BCUT2D eigenvalue weighted by Crippen LogP contribution is -2.45. The molecule has 0 aliphatic carbocycles. The molecule has 0 rings (SSSR count). The molecule has 10 heteroatoms. The molecule has 0 saturated carbocycles. The minimum absolute atomic E-state index is 0.268. The van der Waals surface area contributed by atoms with Gasteiger partial charge in [-0.2, -0.15) is 0 Å². The average Bonchev–Trinajstić information content (AvgIpc) is 2.21. The van der Waals surface area contributed by atoms with Gasteiger partial charge in [-0.25, -0.2) is 21.6 Å². The van der Waals surface area contributed by atoms with Gasteiger partial charge < -0.3 is 10.9 Å². The third kappa shape index (κ3) is 7.13. The van der Waals surface area contributed by atoms with Crippen molar-refractivity contribution in [2.45, 2.75) is 19.4 Å². The lowest BCUT2D eigenvalue weighted by atomic mass is 10.2. The zero-order chi connectivity index (χ0) is 13.7. The third-order valence-electron chi connectivity index (χ3n) is 1.93. The van der Waals surface area contributed by atoms with Crippen molar-refractivity contribution in [3.8, 4) is 0 Å². The molecule has 0 saturated heterocycles. The highest BCUT2D eigenvalue weighted by molar-refractivity contribution is 7.93. The molecule has 0 spiro atoms. The maximum atomic E-state index is 11.5. The molecule has 8 nitrogen and oxygen atoms in total. The topological polar surface area (TPSA) is 139 Å². The van der Waals surface area contributed by atoms with E-state index in [2.05, 4.69) is 9.88 Å². The summed E-state index contributed by atoms with van der Waals surface area (Å²) in [6.07, 6.45) is 1.23. The standard InChI is InChI=1S/C7H17N3O5S2/c1-3-6(7(8)9-11)10-17(14,15)5-4-16(2,12)13/h6,10-11H,3-5H2,1-2H3,(H2,8,9). The van der Waals surface area contributed by atoms with E-state index in [1.54, 1.807) is 6.92 Å². The van der Waals surface area contributed by atoms with Crippen LogP contribution in [0.15, 0.2) is 5.16 Å². The molecule has 1 atom stereocenters. The van der Waals surface area contributed by atoms with Crippen LogP contribution in [0, 0.1) is 0 Å². The van der Waals surface area contributed by atoms with Crippen LogP contribution in [0.4, 0.5) is 0 Å². The Morgan fingerprint density at radius 3 is 2.24 bits per heavy atom. The zero-order valence-corrected chi connectivity index (χ0v) is 11.3. The predicted molar refractivity (Wildman–Crippen MR) is 64.1 cm³/mol. The zero-order valence-electron chi connectivity index (χ0n) is 9.62. The minimum atomic E-state index is -3.78. The molecule has 102 valence electrons. The van der Waals surface area contributed by atoms with Crippen molar-refractivity contribution < 1.29 is 22.0 Å². The van der Waals surface area contributed by atoms with Crippen molar-refractivity contribution in [2.75, 3.05) is 17.8 Å². The molecule has 0 aromatic heterocycles. The van der Waals surface area contributed by atoms with Gasteiger partial charge in [-0.3, -0.25) is 0 Å². The van der Waals surface area contributed by atoms with E-state index in [4.69, 9.17) is 10.9 Å². The van der Waals surface area contributed by atoms with E-state index < -0.39 is 37.4 Å². The maximum absolute atomic E-state index is 11.5. The van der Waals surface area contributed by atoms with Crippen LogP contribution in [0.5, 0.6) is 0 Å². The fraction of sp³-hybridized carbons (Fsp3) is 0.857. The molecule has 0 aromatic rings. The number of nitrogens with two attached hydrogens (primary N) is 1. The van der Waals surface area contributed by atoms with Crippen molar-refractivity contribution >= 4 is 25.7 Å². The number of sulfone groups is 1. The predicted octanol–water partition coefficient (Wildman–Crippen LogP) is -1.52. The number of rotatable bonds is 7. The fourth-order valence-electron chi connectivity index (χ4n) is 0.959. The van der Waals surface area contributed by atoms with E-state index in [1.165, 1.54) is 0 Å². The highest BCUT2D eigenvalue weighted by atomic mass is 32.2. The second-order valence-corrected chi connectivity index (χ2v) is 7.69. The van der Waals surface area contributed by atoms with Crippen LogP contribution in [0.25, 0.3) is 0 Å². The summed E-state index contributed by atoms with van der Waals surface area (Å²) in [4.78, 5) is 0. The highest BCUT2D eigenvalue weighted by Gasteiger charge is 2.21. The first-order chi connectivity index (χ1) is 7.61. The largest absolute Gasteiger partial charge is 0.409 e. The molecule has 0 radical (unpaired) electrons. The molecule has 0 fully saturated rings. The van der Waals surface area contributed by atoms with Crippen LogP contribution in [-0.2, 0) is 19.9 Å². The van der Waals surface area contributed by atoms with Crippen molar-refractivity contribution in [1.29, 1.82) is 0 Å². The Hall–Kier alpha value is -0.870. The van der Waals surface area contributed by atoms with Gasteiger partial charge in [-0.05, 0) is 6.42 Å². The van der Waals surface area contributed by atoms with Gasteiger partial charge >= 0.3 is 0 Å². The first-order valence-electron chi connectivity index (χ1n) is 4.76. The SMILES string of the molecule is CCC(NS(=O)(=O)CCS(C)(=O)=O)C(N)=NO. The van der Waals surface area contributed by atoms with Crippen LogP contribution in [-0.4, -0.2) is 51.7 Å². The molecule has 0 bridgehead atoms. The van der Waals surface area contributed by atoms with Crippen LogP contribution in [0.1, 0.15) is 13.3 Å². The van der Waals surface area contributed by atoms with Gasteiger partial charge in [0.05, 0.1) is 17.5 Å². The number of oxime groups is 1. The minimum Gasteiger partial charge on any atom is -0.409 e. The van der Waals surface area contributed by atoms with Crippen LogP contribution < -0.4 is 10.5 Å².